The number of pyridine rings is 1. The summed E-state index contributed by atoms with van der Waals surface area (Å²) >= 11 is 6.16. The van der Waals surface area contributed by atoms with Crippen LogP contribution in [0, 0.1) is 5.82 Å². The van der Waals surface area contributed by atoms with Crippen LogP contribution in [0.1, 0.15) is 33.6 Å². The summed E-state index contributed by atoms with van der Waals surface area (Å²) in [5, 5.41) is 0.929. The fourth-order valence-corrected chi connectivity index (χ4v) is 3.76. The Hall–Kier alpha value is -3.25. The number of para-hydroxylation sites is 1. The number of carbonyl (C=O) groups excluding carboxylic acids is 2. The van der Waals surface area contributed by atoms with Gasteiger partial charge in [-0.05, 0) is 48.3 Å². The van der Waals surface area contributed by atoms with Gasteiger partial charge in [0.15, 0.2) is 6.61 Å². The molecule has 29 heavy (non-hydrogen) atoms. The number of ether oxygens (including phenoxy) is 1. The molecular weight excluding hydrogens is 395 g/mol. The molecule has 3 aromatic rings. The summed E-state index contributed by atoms with van der Waals surface area (Å²) in [6.45, 7) is -0.502. The molecule has 0 aliphatic heterocycles. The number of rotatable bonds is 4. The lowest BCUT2D eigenvalue weighted by Gasteiger charge is -2.12. The van der Waals surface area contributed by atoms with E-state index in [2.05, 4.69) is 0 Å². The lowest BCUT2D eigenvalue weighted by Crippen LogP contribution is -2.21. The summed E-state index contributed by atoms with van der Waals surface area (Å²) in [6, 6.07) is 11.7. The predicted octanol–water partition coefficient (Wildman–Crippen LogP) is 4.16. The van der Waals surface area contributed by atoms with Gasteiger partial charge in [-0.2, -0.15) is 0 Å². The monoisotopic (exact) mass is 410 g/mol. The Kier molecular flexibility index (Phi) is 5.03. The molecule has 0 saturated carbocycles. The van der Waals surface area contributed by atoms with E-state index in [-0.39, 0.29) is 5.56 Å². The smallest absolute Gasteiger partial charge is 0.339 e. The molecule has 5 nitrogen and oxygen atoms in total. The molecule has 1 aromatic heterocycles. The highest BCUT2D eigenvalue weighted by molar-refractivity contribution is 6.32. The molecule has 1 aliphatic rings. The topological polar surface area (TPSA) is 82.3 Å². The maximum atomic E-state index is 14.2. The molecule has 2 N–H and O–H groups in total. The molecule has 0 fully saturated rings. The number of hydrogen-bond donors (Lipinski definition) is 1. The van der Waals surface area contributed by atoms with Gasteiger partial charge in [0.1, 0.15) is 5.82 Å². The minimum Gasteiger partial charge on any atom is -0.452 e. The number of benzene rings is 2. The first kappa shape index (κ1) is 19.1. The van der Waals surface area contributed by atoms with E-state index in [4.69, 9.17) is 27.1 Å². The first-order valence-electron chi connectivity index (χ1n) is 8.97. The van der Waals surface area contributed by atoms with Crippen molar-refractivity contribution >= 4 is 46.0 Å². The van der Waals surface area contributed by atoms with Crippen molar-refractivity contribution < 1.29 is 18.7 Å². The Morgan fingerprint density at radius 1 is 1.17 bits per heavy atom. The molecule has 2 aromatic carbocycles. The van der Waals surface area contributed by atoms with Crippen LogP contribution < -0.4 is 5.73 Å². The van der Waals surface area contributed by atoms with Crippen molar-refractivity contribution in [1.29, 1.82) is 0 Å². The van der Waals surface area contributed by atoms with Crippen molar-refractivity contribution in [2.75, 3.05) is 6.61 Å². The Balaban J connectivity index is 1.88. The van der Waals surface area contributed by atoms with Gasteiger partial charge in [-0.25, -0.2) is 14.2 Å². The second kappa shape index (κ2) is 7.64. The number of carbonyl (C=O) groups is 2. The highest BCUT2D eigenvalue weighted by Gasteiger charge is 2.28. The number of nitrogens with zero attached hydrogens (tertiary/aromatic N) is 1. The third-order valence-electron chi connectivity index (χ3n) is 4.81. The first-order chi connectivity index (χ1) is 14.0. The maximum absolute atomic E-state index is 14.2. The Bertz CT molecular complexity index is 1170. The van der Waals surface area contributed by atoms with E-state index in [9.17, 15) is 14.0 Å². The highest BCUT2D eigenvalue weighted by atomic mass is 35.5. The average Bonchev–Trinajstić information content (AvgIpc) is 3.09. The second-order valence-electron chi connectivity index (χ2n) is 6.68. The molecule has 7 heteroatoms. The Morgan fingerprint density at radius 2 is 1.97 bits per heavy atom. The van der Waals surface area contributed by atoms with Crippen molar-refractivity contribution in [3.63, 3.8) is 0 Å². The van der Waals surface area contributed by atoms with E-state index in [1.165, 1.54) is 6.07 Å². The maximum Gasteiger partial charge on any atom is 0.339 e. The fraction of sp³-hybridized carbons (Fsp3) is 0.136. The first-order valence-corrected chi connectivity index (χ1v) is 9.35. The van der Waals surface area contributed by atoms with E-state index in [1.807, 2.05) is 6.07 Å². The van der Waals surface area contributed by atoms with Crippen molar-refractivity contribution in [2.45, 2.75) is 12.8 Å². The van der Waals surface area contributed by atoms with E-state index < -0.39 is 24.3 Å². The lowest BCUT2D eigenvalue weighted by molar-refractivity contribution is -0.121. The van der Waals surface area contributed by atoms with Gasteiger partial charge in [0.2, 0.25) is 0 Å². The summed E-state index contributed by atoms with van der Waals surface area (Å²) < 4.78 is 19.3. The molecule has 146 valence electrons. The number of esters is 1. The van der Waals surface area contributed by atoms with Crippen LogP contribution in [-0.4, -0.2) is 23.5 Å². The molecule has 1 aliphatic carbocycles. The number of halogens is 2. The number of nitrogens with two attached hydrogens (primary N) is 1. The minimum absolute atomic E-state index is 0.282. The van der Waals surface area contributed by atoms with Crippen LogP contribution in [0.2, 0.25) is 5.02 Å². The van der Waals surface area contributed by atoms with Gasteiger partial charge in [-0.1, -0.05) is 35.9 Å². The Morgan fingerprint density at radius 3 is 2.72 bits per heavy atom. The van der Waals surface area contributed by atoms with Crippen LogP contribution in [0.25, 0.3) is 22.6 Å². The summed E-state index contributed by atoms with van der Waals surface area (Å²) in [6.07, 6.45) is 2.77. The molecule has 0 bridgehead atoms. The summed E-state index contributed by atoms with van der Waals surface area (Å²) in [7, 11) is 0. The number of aromatic nitrogens is 1. The van der Waals surface area contributed by atoms with Gasteiger partial charge in [0.25, 0.3) is 5.91 Å². The van der Waals surface area contributed by atoms with Gasteiger partial charge in [-0.15, -0.1) is 0 Å². The molecular formula is C22H16ClFN2O3. The number of hydrogen-bond acceptors (Lipinski definition) is 4. The zero-order chi connectivity index (χ0) is 20.5. The zero-order valence-electron chi connectivity index (χ0n) is 15.2. The zero-order valence-corrected chi connectivity index (χ0v) is 16.0. The Labute approximate surface area is 170 Å². The summed E-state index contributed by atoms with van der Waals surface area (Å²) in [4.78, 5) is 28.5. The minimum atomic E-state index is -0.733. The lowest BCUT2D eigenvalue weighted by atomic mass is 10.0. The fourth-order valence-electron chi connectivity index (χ4n) is 3.54. The summed E-state index contributed by atoms with van der Waals surface area (Å²) in [5.41, 5.74) is 8.43. The van der Waals surface area contributed by atoms with E-state index in [1.54, 1.807) is 36.4 Å². The number of primary amides is 1. The molecule has 0 atom stereocenters. The van der Waals surface area contributed by atoms with Crippen molar-refractivity contribution in [3.8, 4) is 0 Å². The molecule has 0 radical (unpaired) electrons. The van der Waals surface area contributed by atoms with Gasteiger partial charge < -0.3 is 10.5 Å². The van der Waals surface area contributed by atoms with Gasteiger partial charge >= 0.3 is 5.97 Å². The number of allylic oxidation sites excluding steroid dienone is 1. The van der Waals surface area contributed by atoms with E-state index in [0.717, 1.165) is 5.57 Å². The SMILES string of the molecule is NC(=O)COC(=O)c1c2c(nc3ccccc13)/C(=C/c1c(F)cccc1Cl)CC2. The standard InChI is InChI=1S/C22H16ClFN2O3/c23-16-5-3-6-17(24)15(16)10-12-8-9-14-20(22(28)29-11-19(25)27)13-4-1-2-7-18(13)26-21(12)14/h1-7,10H,8-9,11H2,(H2,25,27)/b12-10+. The van der Waals surface area contributed by atoms with Gasteiger partial charge in [-0.3, -0.25) is 4.79 Å². The quantitative estimate of drug-likeness (QED) is 0.655. The molecule has 1 heterocycles. The largest absolute Gasteiger partial charge is 0.452 e. The number of amides is 1. The molecule has 0 spiro atoms. The number of fused-ring (bicyclic) bond motifs is 2. The average molecular weight is 411 g/mol. The molecule has 1 amide bonds. The van der Waals surface area contributed by atoms with Crippen molar-refractivity contribution in [1.82, 2.24) is 4.98 Å². The summed E-state index contributed by atoms with van der Waals surface area (Å²) in [5.74, 6) is -1.80. The molecule has 4 rings (SSSR count). The van der Waals surface area contributed by atoms with Crippen LogP contribution in [-0.2, 0) is 16.0 Å². The van der Waals surface area contributed by atoms with Gasteiger partial charge in [0.05, 0.1) is 21.8 Å². The van der Waals surface area contributed by atoms with Gasteiger partial charge in [0, 0.05) is 10.9 Å². The normalized spacial score (nSPS) is 14.2. The van der Waals surface area contributed by atoms with Crippen LogP contribution in [0.4, 0.5) is 4.39 Å². The van der Waals surface area contributed by atoms with Crippen molar-refractivity contribution in [2.24, 2.45) is 5.73 Å². The second-order valence-corrected chi connectivity index (χ2v) is 7.09. The van der Waals surface area contributed by atoms with Crippen molar-refractivity contribution in [3.05, 3.63) is 75.7 Å². The van der Waals surface area contributed by atoms with E-state index in [0.29, 0.717) is 45.6 Å². The highest BCUT2D eigenvalue weighted by Crippen LogP contribution is 2.38. The van der Waals surface area contributed by atoms with Crippen LogP contribution in [0.15, 0.2) is 42.5 Å². The third-order valence-corrected chi connectivity index (χ3v) is 5.14. The van der Waals surface area contributed by atoms with E-state index >= 15 is 0 Å². The van der Waals surface area contributed by atoms with Crippen LogP contribution in [0.5, 0.6) is 0 Å². The third kappa shape index (κ3) is 3.59. The van der Waals surface area contributed by atoms with Crippen LogP contribution >= 0.6 is 11.6 Å². The van der Waals surface area contributed by atoms with Crippen LogP contribution in [0.3, 0.4) is 0 Å². The molecule has 0 unspecified atom stereocenters. The predicted molar refractivity (Wildman–Crippen MR) is 109 cm³/mol. The molecule has 0 saturated heterocycles.